The van der Waals surface area contributed by atoms with E-state index in [9.17, 15) is 0 Å². The molecule has 0 saturated heterocycles. The van der Waals surface area contributed by atoms with Crippen molar-refractivity contribution in [3.8, 4) is 6.07 Å². The average molecular weight is 220 g/mol. The number of nitriles is 1. The molecule has 1 aromatic carbocycles. The second kappa shape index (κ2) is 5.20. The highest BCUT2D eigenvalue weighted by molar-refractivity contribution is 7.98. The summed E-state index contributed by atoms with van der Waals surface area (Å²) in [4.78, 5) is 0. The van der Waals surface area contributed by atoms with Crippen LogP contribution in [0.25, 0.3) is 0 Å². The van der Waals surface area contributed by atoms with Crippen molar-refractivity contribution in [1.82, 2.24) is 0 Å². The van der Waals surface area contributed by atoms with Gasteiger partial charge in [-0.05, 0) is 19.4 Å². The van der Waals surface area contributed by atoms with Gasteiger partial charge in [0.05, 0.1) is 6.07 Å². The van der Waals surface area contributed by atoms with Crippen molar-refractivity contribution in [1.29, 1.82) is 5.26 Å². The minimum Gasteiger partial charge on any atom is -0.313 e. The van der Waals surface area contributed by atoms with Crippen molar-refractivity contribution in [3.63, 3.8) is 0 Å². The van der Waals surface area contributed by atoms with E-state index in [2.05, 4.69) is 37.3 Å². The highest BCUT2D eigenvalue weighted by Gasteiger charge is 2.16. The van der Waals surface area contributed by atoms with Gasteiger partial charge in [-0.15, -0.1) is 0 Å². The molecule has 0 heterocycles. The standard InChI is InChI=1S/C12H16N2S/c1-10-4-3-5-11(6-10)7-15-9-12(2,14)8-13/h3-6H,7,9,14H2,1-2H3. The number of rotatable bonds is 4. The molecule has 0 aliphatic carbocycles. The van der Waals surface area contributed by atoms with Crippen LogP contribution >= 0.6 is 11.8 Å². The molecule has 0 amide bonds. The lowest BCUT2D eigenvalue weighted by molar-refractivity contribution is 0.682. The third-order valence-corrected chi connectivity index (χ3v) is 3.35. The van der Waals surface area contributed by atoms with Crippen LogP contribution in [0.15, 0.2) is 24.3 Å². The van der Waals surface area contributed by atoms with E-state index in [1.807, 2.05) is 0 Å². The molecule has 80 valence electrons. The number of nitrogens with zero attached hydrogens (tertiary/aromatic N) is 1. The third kappa shape index (κ3) is 4.37. The van der Waals surface area contributed by atoms with Gasteiger partial charge < -0.3 is 5.73 Å². The van der Waals surface area contributed by atoms with Crippen molar-refractivity contribution in [2.45, 2.75) is 25.1 Å². The van der Waals surface area contributed by atoms with Crippen LogP contribution in [0.4, 0.5) is 0 Å². The quantitative estimate of drug-likeness (QED) is 0.848. The summed E-state index contributed by atoms with van der Waals surface area (Å²) in [6.45, 7) is 3.84. The lowest BCUT2D eigenvalue weighted by atomic mass is 10.1. The van der Waals surface area contributed by atoms with E-state index in [-0.39, 0.29) is 0 Å². The van der Waals surface area contributed by atoms with Gasteiger partial charge in [0.1, 0.15) is 5.54 Å². The van der Waals surface area contributed by atoms with Crippen LogP contribution in [0, 0.1) is 18.3 Å². The number of nitrogens with two attached hydrogens (primary N) is 1. The summed E-state index contributed by atoms with van der Waals surface area (Å²) in [5.74, 6) is 1.58. The molecule has 2 nitrogen and oxygen atoms in total. The van der Waals surface area contributed by atoms with Crippen LogP contribution in [-0.4, -0.2) is 11.3 Å². The SMILES string of the molecule is Cc1cccc(CSCC(C)(N)C#N)c1. The van der Waals surface area contributed by atoms with Crippen LogP contribution in [0.3, 0.4) is 0 Å². The lowest BCUT2D eigenvalue weighted by Gasteiger charge is -2.14. The van der Waals surface area contributed by atoms with E-state index >= 15 is 0 Å². The highest BCUT2D eigenvalue weighted by Crippen LogP contribution is 2.16. The van der Waals surface area contributed by atoms with Gasteiger partial charge in [-0.25, -0.2) is 0 Å². The topological polar surface area (TPSA) is 49.8 Å². The Hall–Kier alpha value is -0.980. The van der Waals surface area contributed by atoms with Gasteiger partial charge in [0.25, 0.3) is 0 Å². The lowest BCUT2D eigenvalue weighted by Crippen LogP contribution is -2.36. The fourth-order valence-electron chi connectivity index (χ4n) is 1.22. The van der Waals surface area contributed by atoms with Crippen LogP contribution in [-0.2, 0) is 5.75 Å². The summed E-state index contributed by atoms with van der Waals surface area (Å²) in [5, 5.41) is 8.75. The monoisotopic (exact) mass is 220 g/mol. The van der Waals surface area contributed by atoms with E-state index in [4.69, 9.17) is 11.0 Å². The van der Waals surface area contributed by atoms with Crippen LogP contribution in [0.1, 0.15) is 18.1 Å². The maximum Gasteiger partial charge on any atom is 0.110 e. The van der Waals surface area contributed by atoms with Gasteiger partial charge in [-0.1, -0.05) is 29.8 Å². The number of aryl methyl sites for hydroxylation is 1. The van der Waals surface area contributed by atoms with Crippen molar-refractivity contribution >= 4 is 11.8 Å². The van der Waals surface area contributed by atoms with Gasteiger partial charge in [0.15, 0.2) is 0 Å². The normalized spacial score (nSPS) is 14.3. The number of hydrogen-bond donors (Lipinski definition) is 1. The second-order valence-electron chi connectivity index (χ2n) is 4.01. The summed E-state index contributed by atoms with van der Waals surface area (Å²) >= 11 is 1.70. The van der Waals surface area contributed by atoms with Crippen molar-refractivity contribution < 1.29 is 0 Å². The number of hydrogen-bond acceptors (Lipinski definition) is 3. The van der Waals surface area contributed by atoms with Crippen LogP contribution < -0.4 is 5.73 Å². The zero-order valence-electron chi connectivity index (χ0n) is 9.16. The molecule has 0 aliphatic rings. The summed E-state index contributed by atoms with van der Waals surface area (Å²) in [7, 11) is 0. The van der Waals surface area contributed by atoms with Crippen LogP contribution in [0.2, 0.25) is 0 Å². The Labute approximate surface area is 95.5 Å². The molecule has 0 fully saturated rings. The van der Waals surface area contributed by atoms with Gasteiger partial charge in [0, 0.05) is 11.5 Å². The molecule has 0 aliphatic heterocycles. The summed E-state index contributed by atoms with van der Waals surface area (Å²) in [6.07, 6.45) is 0. The molecule has 0 radical (unpaired) electrons. The fraction of sp³-hybridized carbons (Fsp3) is 0.417. The Morgan fingerprint density at radius 3 is 2.87 bits per heavy atom. The molecule has 3 heteroatoms. The number of benzene rings is 1. The molecule has 1 rings (SSSR count). The molecule has 1 atom stereocenters. The van der Waals surface area contributed by atoms with E-state index in [0.717, 1.165) is 5.75 Å². The van der Waals surface area contributed by atoms with Crippen molar-refractivity contribution in [2.75, 3.05) is 5.75 Å². The first kappa shape index (κ1) is 12.1. The highest BCUT2D eigenvalue weighted by atomic mass is 32.2. The smallest absolute Gasteiger partial charge is 0.110 e. The second-order valence-corrected chi connectivity index (χ2v) is 5.00. The summed E-state index contributed by atoms with van der Waals surface area (Å²) in [5.41, 5.74) is 7.57. The summed E-state index contributed by atoms with van der Waals surface area (Å²) in [6, 6.07) is 10.5. The zero-order valence-corrected chi connectivity index (χ0v) is 9.97. The zero-order chi connectivity index (χ0) is 11.3. The van der Waals surface area contributed by atoms with Gasteiger partial charge in [-0.3, -0.25) is 0 Å². The minimum atomic E-state index is -0.714. The average Bonchev–Trinajstić information content (AvgIpc) is 2.18. The predicted octanol–water partition coefficient (Wildman–Crippen LogP) is 2.47. The molecular weight excluding hydrogens is 204 g/mol. The van der Waals surface area contributed by atoms with E-state index in [1.54, 1.807) is 18.7 Å². The van der Waals surface area contributed by atoms with E-state index in [1.165, 1.54) is 11.1 Å². The first-order valence-electron chi connectivity index (χ1n) is 4.87. The molecule has 1 unspecified atom stereocenters. The first-order valence-corrected chi connectivity index (χ1v) is 6.02. The maximum absolute atomic E-state index is 8.75. The molecule has 0 saturated carbocycles. The molecular formula is C12H16N2S. The summed E-state index contributed by atoms with van der Waals surface area (Å²) < 4.78 is 0. The Morgan fingerprint density at radius 1 is 1.53 bits per heavy atom. The fourth-order valence-corrected chi connectivity index (χ4v) is 2.22. The molecule has 15 heavy (non-hydrogen) atoms. The van der Waals surface area contributed by atoms with Crippen LogP contribution in [0.5, 0.6) is 0 Å². The van der Waals surface area contributed by atoms with Crippen molar-refractivity contribution in [3.05, 3.63) is 35.4 Å². The molecule has 0 aromatic heterocycles. The first-order chi connectivity index (χ1) is 7.03. The largest absolute Gasteiger partial charge is 0.313 e. The van der Waals surface area contributed by atoms with Crippen molar-refractivity contribution in [2.24, 2.45) is 5.73 Å². The minimum absolute atomic E-state index is 0.664. The predicted molar refractivity (Wildman–Crippen MR) is 65.5 cm³/mol. The van der Waals surface area contributed by atoms with E-state index in [0.29, 0.717) is 5.75 Å². The molecule has 2 N–H and O–H groups in total. The molecule has 0 bridgehead atoms. The van der Waals surface area contributed by atoms with Gasteiger partial charge in [0.2, 0.25) is 0 Å². The maximum atomic E-state index is 8.75. The Balaban J connectivity index is 2.42. The Kier molecular flexibility index (Phi) is 4.19. The molecule has 1 aromatic rings. The van der Waals surface area contributed by atoms with E-state index < -0.39 is 5.54 Å². The number of thioether (sulfide) groups is 1. The van der Waals surface area contributed by atoms with Gasteiger partial charge >= 0.3 is 0 Å². The van der Waals surface area contributed by atoms with Gasteiger partial charge in [-0.2, -0.15) is 17.0 Å². The third-order valence-electron chi connectivity index (χ3n) is 2.01. The molecule has 0 spiro atoms. The Bertz CT molecular complexity index is 366. The Morgan fingerprint density at radius 2 is 2.27 bits per heavy atom.